The van der Waals surface area contributed by atoms with E-state index in [0.717, 1.165) is 9.35 Å². The summed E-state index contributed by atoms with van der Waals surface area (Å²) in [6.07, 6.45) is 0. The number of anilines is 1. The van der Waals surface area contributed by atoms with Gasteiger partial charge >= 0.3 is 0 Å². The molecule has 0 fully saturated rings. The van der Waals surface area contributed by atoms with Crippen LogP contribution in [0.15, 0.2) is 44.2 Å². The van der Waals surface area contributed by atoms with E-state index in [0.29, 0.717) is 16.3 Å². The Balaban J connectivity index is 2.27. The van der Waals surface area contributed by atoms with E-state index in [1.807, 2.05) is 0 Å². The van der Waals surface area contributed by atoms with Crippen molar-refractivity contribution in [3.8, 4) is 0 Å². The average Bonchev–Trinajstić information content (AvgIpc) is 2.78. The van der Waals surface area contributed by atoms with Crippen molar-refractivity contribution in [1.29, 1.82) is 0 Å². The highest BCUT2D eigenvalue weighted by Gasteiger charge is 2.19. The molecule has 0 aliphatic rings. The fourth-order valence-corrected chi connectivity index (χ4v) is 5.22. The number of aryl methyl sites for hydroxylation is 1. The molecule has 0 saturated carbocycles. The molecule has 0 radical (unpaired) electrons. The van der Waals surface area contributed by atoms with E-state index >= 15 is 0 Å². The van der Waals surface area contributed by atoms with Crippen LogP contribution in [0.1, 0.15) is 17.4 Å². The number of nitrogens with zero attached hydrogens (tertiary/aromatic N) is 1. The summed E-state index contributed by atoms with van der Waals surface area (Å²) in [5, 5.41) is 11.8. The normalized spacial score (nSPS) is 12.4. The van der Waals surface area contributed by atoms with Crippen molar-refractivity contribution in [1.82, 2.24) is 0 Å². The number of nitrogens with one attached hydrogen (secondary N) is 1. The minimum Gasteiger partial charge on any atom is -0.411 e. The van der Waals surface area contributed by atoms with Crippen molar-refractivity contribution in [2.45, 2.75) is 18.7 Å². The predicted molar refractivity (Wildman–Crippen MR) is 88.0 cm³/mol. The molecular weight excluding hydrogens is 376 g/mol. The molecule has 0 saturated heterocycles. The lowest BCUT2D eigenvalue weighted by Gasteiger charge is -2.08. The van der Waals surface area contributed by atoms with Crippen LogP contribution in [-0.4, -0.2) is 19.3 Å². The molecular formula is C13H13BrN2O3S2. The molecule has 2 N–H and O–H groups in total. The predicted octanol–water partition coefficient (Wildman–Crippen LogP) is 3.82. The monoisotopic (exact) mass is 388 g/mol. The molecule has 0 aliphatic carbocycles. The lowest BCUT2D eigenvalue weighted by molar-refractivity contribution is 0.319. The van der Waals surface area contributed by atoms with E-state index in [2.05, 4.69) is 25.8 Å². The van der Waals surface area contributed by atoms with Crippen molar-refractivity contribution >= 4 is 48.7 Å². The van der Waals surface area contributed by atoms with Crippen molar-refractivity contribution < 1.29 is 13.6 Å². The zero-order chi connectivity index (χ0) is 15.6. The number of hydrogen-bond donors (Lipinski definition) is 2. The highest BCUT2D eigenvalue weighted by atomic mass is 79.9. The van der Waals surface area contributed by atoms with Gasteiger partial charge in [-0.2, -0.15) is 0 Å². The second kappa shape index (κ2) is 6.17. The first-order valence-corrected chi connectivity index (χ1v) is 9.00. The average molecular weight is 389 g/mol. The fraction of sp³-hybridized carbons (Fsp3) is 0.154. The molecule has 0 unspecified atom stereocenters. The maximum atomic E-state index is 12.3. The molecule has 112 valence electrons. The van der Waals surface area contributed by atoms with Gasteiger partial charge in [0, 0.05) is 10.6 Å². The van der Waals surface area contributed by atoms with Crippen LogP contribution in [0.4, 0.5) is 5.69 Å². The van der Waals surface area contributed by atoms with E-state index < -0.39 is 10.0 Å². The Kier molecular flexibility index (Phi) is 4.70. The van der Waals surface area contributed by atoms with E-state index in [1.54, 1.807) is 44.2 Å². The molecule has 0 spiro atoms. The first-order chi connectivity index (χ1) is 9.83. The third kappa shape index (κ3) is 3.63. The summed E-state index contributed by atoms with van der Waals surface area (Å²) in [4.78, 5) is 0.978. The van der Waals surface area contributed by atoms with Crippen LogP contribution in [0.25, 0.3) is 0 Å². The number of halogens is 1. The summed E-state index contributed by atoms with van der Waals surface area (Å²) in [5.74, 6) is 0. The van der Waals surface area contributed by atoms with Crippen LogP contribution in [0.5, 0.6) is 0 Å². The van der Waals surface area contributed by atoms with Gasteiger partial charge in [0.15, 0.2) is 0 Å². The van der Waals surface area contributed by atoms with Crippen LogP contribution in [0.3, 0.4) is 0 Å². The minimum atomic E-state index is -3.61. The number of benzene rings is 1. The first kappa shape index (κ1) is 16.0. The summed E-state index contributed by atoms with van der Waals surface area (Å²) < 4.78 is 27.9. The largest absolute Gasteiger partial charge is 0.411 e. The van der Waals surface area contributed by atoms with Gasteiger partial charge in [-0.15, -0.1) is 11.3 Å². The Labute approximate surface area is 135 Å². The quantitative estimate of drug-likeness (QED) is 0.474. The van der Waals surface area contributed by atoms with Crippen LogP contribution in [0.2, 0.25) is 0 Å². The summed E-state index contributed by atoms with van der Waals surface area (Å²) in [6, 6.07) is 8.20. The molecule has 1 heterocycles. The third-order valence-electron chi connectivity index (χ3n) is 2.84. The van der Waals surface area contributed by atoms with Crippen molar-refractivity contribution in [3.63, 3.8) is 0 Å². The molecule has 1 aromatic heterocycles. The highest BCUT2D eigenvalue weighted by molar-refractivity contribution is 9.11. The molecule has 2 rings (SSSR count). The summed E-state index contributed by atoms with van der Waals surface area (Å²) in [6.45, 7) is 3.42. The van der Waals surface area contributed by atoms with E-state index in [4.69, 9.17) is 5.21 Å². The lowest BCUT2D eigenvalue weighted by Crippen LogP contribution is -2.13. The second-order valence-corrected chi connectivity index (χ2v) is 8.63. The Morgan fingerprint density at radius 3 is 2.43 bits per heavy atom. The van der Waals surface area contributed by atoms with Gasteiger partial charge in [-0.25, -0.2) is 8.42 Å². The lowest BCUT2D eigenvalue weighted by atomic mass is 10.1. The molecule has 0 aliphatic heterocycles. The third-order valence-corrected chi connectivity index (χ3v) is 6.03. The smallest absolute Gasteiger partial charge is 0.263 e. The van der Waals surface area contributed by atoms with Crippen LogP contribution in [0, 0.1) is 6.92 Å². The second-order valence-electron chi connectivity index (χ2n) is 4.34. The molecule has 5 nitrogen and oxygen atoms in total. The van der Waals surface area contributed by atoms with Gasteiger partial charge in [0.1, 0.15) is 4.90 Å². The maximum Gasteiger partial charge on any atom is 0.263 e. The van der Waals surface area contributed by atoms with Gasteiger partial charge in [-0.05, 0) is 53.5 Å². The van der Waals surface area contributed by atoms with Gasteiger partial charge < -0.3 is 5.21 Å². The topological polar surface area (TPSA) is 78.8 Å². The van der Waals surface area contributed by atoms with Gasteiger partial charge in [0.05, 0.1) is 9.50 Å². The van der Waals surface area contributed by atoms with E-state index in [9.17, 15) is 8.42 Å². The SMILES string of the molecule is C/C(=N/O)c1ccc(NS(=O)(=O)c2cc(Br)sc2C)cc1. The number of sulfonamides is 1. The first-order valence-electron chi connectivity index (χ1n) is 5.91. The summed E-state index contributed by atoms with van der Waals surface area (Å²) in [7, 11) is -3.61. The molecule has 1 aromatic carbocycles. The Bertz CT molecular complexity index is 780. The molecule has 8 heteroatoms. The highest BCUT2D eigenvalue weighted by Crippen LogP contribution is 2.30. The molecule has 0 bridgehead atoms. The zero-order valence-electron chi connectivity index (χ0n) is 11.3. The van der Waals surface area contributed by atoms with Crippen molar-refractivity contribution in [3.05, 3.63) is 44.6 Å². The summed E-state index contributed by atoms with van der Waals surface area (Å²) in [5.41, 5.74) is 1.63. The van der Waals surface area contributed by atoms with Crippen LogP contribution >= 0.6 is 27.3 Å². The molecule has 0 atom stereocenters. The number of thiophene rings is 1. The Hall–Kier alpha value is -1.38. The van der Waals surface area contributed by atoms with Crippen LogP contribution < -0.4 is 4.72 Å². The Morgan fingerprint density at radius 1 is 1.33 bits per heavy atom. The molecule has 0 amide bonds. The van der Waals surface area contributed by atoms with Crippen LogP contribution in [-0.2, 0) is 10.0 Å². The van der Waals surface area contributed by atoms with Crippen molar-refractivity contribution in [2.75, 3.05) is 4.72 Å². The van der Waals surface area contributed by atoms with Crippen molar-refractivity contribution in [2.24, 2.45) is 5.16 Å². The zero-order valence-corrected chi connectivity index (χ0v) is 14.5. The van der Waals surface area contributed by atoms with Gasteiger partial charge in [-0.3, -0.25) is 4.72 Å². The summed E-state index contributed by atoms with van der Waals surface area (Å²) >= 11 is 4.65. The minimum absolute atomic E-state index is 0.261. The Morgan fingerprint density at radius 2 is 1.95 bits per heavy atom. The number of rotatable bonds is 4. The van der Waals surface area contributed by atoms with Gasteiger partial charge in [0.2, 0.25) is 0 Å². The van der Waals surface area contributed by atoms with E-state index in [1.165, 1.54) is 11.3 Å². The number of hydrogen-bond acceptors (Lipinski definition) is 5. The standard InChI is InChI=1S/C13H13BrN2O3S2/c1-8(15-17)10-3-5-11(6-4-10)16-21(18,19)12-7-13(14)20-9(12)2/h3-7,16-17H,1-2H3/b15-8-. The van der Waals surface area contributed by atoms with E-state index in [-0.39, 0.29) is 4.90 Å². The molecule has 2 aromatic rings. The fourth-order valence-electron chi connectivity index (χ4n) is 1.74. The van der Waals surface area contributed by atoms with Gasteiger partial charge in [-0.1, -0.05) is 17.3 Å². The molecule has 21 heavy (non-hydrogen) atoms. The number of oxime groups is 1. The maximum absolute atomic E-state index is 12.3. The van der Waals surface area contributed by atoms with Gasteiger partial charge in [0.25, 0.3) is 10.0 Å².